The zero-order valence-corrected chi connectivity index (χ0v) is 12.9. The summed E-state index contributed by atoms with van der Waals surface area (Å²) in [6.07, 6.45) is 3.11. The summed E-state index contributed by atoms with van der Waals surface area (Å²) in [4.78, 5) is 13.4. The van der Waals surface area contributed by atoms with Crippen LogP contribution in [0.2, 0.25) is 0 Å². The van der Waals surface area contributed by atoms with Crippen LogP contribution in [0.5, 0.6) is 0 Å². The first-order chi connectivity index (χ1) is 9.44. The molecule has 20 heavy (non-hydrogen) atoms. The molecule has 0 saturated carbocycles. The molecule has 2 unspecified atom stereocenters. The highest BCUT2D eigenvalue weighted by Crippen LogP contribution is 2.28. The van der Waals surface area contributed by atoms with Crippen molar-refractivity contribution in [2.75, 3.05) is 33.8 Å². The molecule has 0 aromatic carbocycles. The van der Waals surface area contributed by atoms with Gasteiger partial charge in [-0.3, -0.25) is 9.69 Å². The van der Waals surface area contributed by atoms with Gasteiger partial charge in [0.2, 0.25) is 0 Å². The van der Waals surface area contributed by atoms with Gasteiger partial charge >= 0.3 is 5.97 Å². The van der Waals surface area contributed by atoms with Gasteiger partial charge in [-0.25, -0.2) is 0 Å². The van der Waals surface area contributed by atoms with Crippen molar-refractivity contribution in [3.8, 4) is 0 Å². The summed E-state index contributed by atoms with van der Waals surface area (Å²) >= 11 is 0. The Morgan fingerprint density at radius 1 is 1.40 bits per heavy atom. The Labute approximate surface area is 120 Å². The molecule has 2 aliphatic heterocycles. The van der Waals surface area contributed by atoms with Crippen molar-refractivity contribution in [2.24, 2.45) is 0 Å². The molecule has 2 aliphatic rings. The van der Waals surface area contributed by atoms with Gasteiger partial charge < -0.3 is 4.74 Å². The summed E-state index contributed by atoms with van der Waals surface area (Å²) in [5.74, 6) is -0.408. The largest absolute Gasteiger partial charge is 0.469 e. The molecule has 2 fully saturated rings. The van der Waals surface area contributed by atoms with E-state index in [0.717, 1.165) is 32.4 Å². The fourth-order valence-corrected chi connectivity index (χ4v) is 4.14. The lowest BCUT2D eigenvalue weighted by molar-refractivity contribution is -0.140. The number of rotatable bonds is 6. The van der Waals surface area contributed by atoms with Gasteiger partial charge in [0.1, 0.15) is 0 Å². The van der Waals surface area contributed by atoms with E-state index in [9.17, 15) is 13.2 Å². The minimum absolute atomic E-state index is 0.0110. The highest BCUT2D eigenvalue weighted by molar-refractivity contribution is 7.87. The standard InChI is InChI=1S/C12H23N3O4S/c1-14(8-6-12(16)19-2)20(17,18)13-10-5-9-15-7-3-4-11(10)15/h10-11,13H,3-9H2,1-2H3. The monoisotopic (exact) mass is 305 g/mol. The van der Waals surface area contributed by atoms with Gasteiger partial charge in [-0.2, -0.15) is 17.4 Å². The Hall–Kier alpha value is -0.700. The smallest absolute Gasteiger partial charge is 0.306 e. The number of esters is 1. The van der Waals surface area contributed by atoms with E-state index in [-0.39, 0.29) is 19.0 Å². The van der Waals surface area contributed by atoms with Crippen molar-refractivity contribution in [3.63, 3.8) is 0 Å². The van der Waals surface area contributed by atoms with Crippen LogP contribution in [0.4, 0.5) is 0 Å². The molecule has 2 heterocycles. The average Bonchev–Trinajstić information content (AvgIpc) is 3.00. The molecule has 0 aliphatic carbocycles. The van der Waals surface area contributed by atoms with Crippen LogP contribution in [0.25, 0.3) is 0 Å². The van der Waals surface area contributed by atoms with Gasteiger partial charge in [0, 0.05) is 32.2 Å². The van der Waals surface area contributed by atoms with Gasteiger partial charge in [0.25, 0.3) is 10.2 Å². The van der Waals surface area contributed by atoms with Crippen LogP contribution in [0, 0.1) is 0 Å². The number of carbonyl (C=O) groups is 1. The number of nitrogens with one attached hydrogen (secondary N) is 1. The van der Waals surface area contributed by atoms with Gasteiger partial charge in [0.15, 0.2) is 0 Å². The fourth-order valence-electron chi connectivity index (χ4n) is 2.97. The molecule has 2 saturated heterocycles. The average molecular weight is 305 g/mol. The van der Waals surface area contributed by atoms with Crippen LogP contribution in [0.1, 0.15) is 25.7 Å². The predicted molar refractivity (Wildman–Crippen MR) is 74.3 cm³/mol. The SMILES string of the molecule is COC(=O)CCN(C)S(=O)(=O)NC1CCN2CCCC12. The van der Waals surface area contributed by atoms with Crippen molar-refractivity contribution < 1.29 is 17.9 Å². The normalized spacial score (nSPS) is 26.9. The first-order valence-electron chi connectivity index (χ1n) is 6.98. The molecule has 0 aromatic rings. The highest BCUT2D eigenvalue weighted by atomic mass is 32.2. The van der Waals surface area contributed by atoms with Gasteiger partial charge in [-0.15, -0.1) is 0 Å². The lowest BCUT2D eigenvalue weighted by atomic mass is 10.1. The van der Waals surface area contributed by atoms with Gasteiger partial charge in [-0.05, 0) is 25.8 Å². The molecule has 1 N–H and O–H groups in total. The molecule has 2 rings (SSSR count). The van der Waals surface area contributed by atoms with Crippen LogP contribution >= 0.6 is 0 Å². The number of hydrogen-bond donors (Lipinski definition) is 1. The van der Waals surface area contributed by atoms with Crippen molar-refractivity contribution in [1.82, 2.24) is 13.9 Å². The Bertz CT molecular complexity index is 454. The van der Waals surface area contributed by atoms with Crippen molar-refractivity contribution in [1.29, 1.82) is 0 Å². The topological polar surface area (TPSA) is 78.9 Å². The summed E-state index contributed by atoms with van der Waals surface area (Å²) in [6, 6.07) is 0.321. The fraction of sp³-hybridized carbons (Fsp3) is 0.917. The molecule has 0 aromatic heterocycles. The predicted octanol–water partition coefficient (Wildman–Crippen LogP) is -0.448. The lowest BCUT2D eigenvalue weighted by Gasteiger charge is -2.24. The molecular formula is C12H23N3O4S. The minimum atomic E-state index is -3.54. The van der Waals surface area contributed by atoms with Crippen molar-refractivity contribution >= 4 is 16.2 Å². The Morgan fingerprint density at radius 2 is 2.15 bits per heavy atom. The maximum Gasteiger partial charge on any atom is 0.306 e. The summed E-state index contributed by atoms with van der Waals surface area (Å²) in [6.45, 7) is 2.16. The molecule has 8 heteroatoms. The summed E-state index contributed by atoms with van der Waals surface area (Å²) in [5, 5.41) is 0. The molecule has 0 radical (unpaired) electrons. The van der Waals surface area contributed by atoms with E-state index in [1.54, 1.807) is 0 Å². The molecular weight excluding hydrogens is 282 g/mol. The number of nitrogens with zero attached hydrogens (tertiary/aromatic N) is 2. The first kappa shape index (κ1) is 15.7. The molecule has 116 valence electrons. The Morgan fingerprint density at radius 3 is 2.85 bits per heavy atom. The summed E-state index contributed by atoms with van der Waals surface area (Å²) in [7, 11) is -0.765. The quantitative estimate of drug-likeness (QED) is 0.673. The summed E-state index contributed by atoms with van der Waals surface area (Å²) in [5.41, 5.74) is 0. The zero-order valence-electron chi connectivity index (χ0n) is 12.0. The number of fused-ring (bicyclic) bond motifs is 1. The molecule has 0 bridgehead atoms. The second-order valence-corrected chi connectivity index (χ2v) is 7.22. The first-order valence-corrected chi connectivity index (χ1v) is 8.42. The zero-order chi connectivity index (χ0) is 14.8. The molecule has 7 nitrogen and oxygen atoms in total. The van der Waals surface area contributed by atoms with Crippen LogP contribution in [-0.4, -0.2) is 69.5 Å². The van der Waals surface area contributed by atoms with E-state index in [4.69, 9.17) is 0 Å². The number of methoxy groups -OCH3 is 1. The minimum Gasteiger partial charge on any atom is -0.469 e. The third kappa shape index (κ3) is 3.49. The van der Waals surface area contributed by atoms with E-state index in [0.29, 0.717) is 6.04 Å². The molecule has 0 spiro atoms. The maximum atomic E-state index is 12.2. The number of ether oxygens (including phenoxy) is 1. The molecule has 0 amide bonds. The second kappa shape index (κ2) is 6.38. The van der Waals surface area contributed by atoms with E-state index in [1.807, 2.05) is 0 Å². The number of carbonyl (C=O) groups excluding carboxylic acids is 1. The Kier molecular flexibility index (Phi) is 5.00. The van der Waals surface area contributed by atoms with E-state index in [2.05, 4.69) is 14.4 Å². The molecule has 2 atom stereocenters. The van der Waals surface area contributed by atoms with Crippen LogP contribution in [-0.2, 0) is 19.7 Å². The van der Waals surface area contributed by atoms with Crippen LogP contribution in [0.15, 0.2) is 0 Å². The third-order valence-electron chi connectivity index (χ3n) is 4.18. The lowest BCUT2D eigenvalue weighted by Crippen LogP contribution is -2.48. The second-order valence-electron chi connectivity index (χ2n) is 5.41. The van der Waals surface area contributed by atoms with Gasteiger partial charge in [-0.1, -0.05) is 0 Å². The summed E-state index contributed by atoms with van der Waals surface area (Å²) < 4.78 is 32.9. The van der Waals surface area contributed by atoms with Crippen molar-refractivity contribution in [3.05, 3.63) is 0 Å². The van der Waals surface area contributed by atoms with E-state index < -0.39 is 16.2 Å². The third-order valence-corrected chi connectivity index (χ3v) is 5.78. The highest BCUT2D eigenvalue weighted by Gasteiger charge is 2.39. The number of hydrogen-bond acceptors (Lipinski definition) is 5. The van der Waals surface area contributed by atoms with Gasteiger partial charge in [0.05, 0.1) is 13.5 Å². The Balaban J connectivity index is 1.88. The van der Waals surface area contributed by atoms with Crippen LogP contribution < -0.4 is 4.72 Å². The van der Waals surface area contributed by atoms with Crippen LogP contribution in [0.3, 0.4) is 0 Å². The van der Waals surface area contributed by atoms with E-state index in [1.165, 1.54) is 18.5 Å². The van der Waals surface area contributed by atoms with E-state index >= 15 is 0 Å². The van der Waals surface area contributed by atoms with Crippen molar-refractivity contribution in [2.45, 2.75) is 37.8 Å². The maximum absolute atomic E-state index is 12.2.